The largest absolute Gasteiger partial charge is 0.317 e. The second kappa shape index (κ2) is 6.53. The molecule has 1 saturated heterocycles. The minimum absolute atomic E-state index is 0.403. The van der Waals surface area contributed by atoms with Gasteiger partial charge in [0.2, 0.25) is 0 Å². The summed E-state index contributed by atoms with van der Waals surface area (Å²) in [5.41, 5.74) is 0. The molecule has 0 aromatic heterocycles. The van der Waals surface area contributed by atoms with E-state index in [4.69, 9.17) is 0 Å². The number of carbonyl (C=O) groups is 1. The fraction of sp³-hybridized carbons (Fsp3) is 0.933. The minimum atomic E-state index is 0.403. The molecule has 17 heavy (non-hydrogen) atoms. The van der Waals surface area contributed by atoms with Gasteiger partial charge < -0.3 is 5.32 Å². The van der Waals surface area contributed by atoms with Crippen LogP contribution in [0.2, 0.25) is 0 Å². The van der Waals surface area contributed by atoms with E-state index >= 15 is 0 Å². The van der Waals surface area contributed by atoms with Crippen LogP contribution in [0.25, 0.3) is 0 Å². The molecule has 0 aromatic carbocycles. The smallest absolute Gasteiger partial charge is 0.135 e. The van der Waals surface area contributed by atoms with E-state index in [0.717, 1.165) is 50.6 Å². The van der Waals surface area contributed by atoms with Crippen LogP contribution in [0.15, 0.2) is 0 Å². The van der Waals surface area contributed by atoms with Gasteiger partial charge in [0.15, 0.2) is 0 Å². The summed E-state index contributed by atoms with van der Waals surface area (Å²) in [5, 5.41) is 3.39. The number of ketones is 1. The van der Waals surface area contributed by atoms with Crippen LogP contribution in [0.4, 0.5) is 0 Å². The lowest BCUT2D eigenvalue weighted by Crippen LogP contribution is -2.28. The molecule has 0 radical (unpaired) electrons. The van der Waals surface area contributed by atoms with Gasteiger partial charge in [0.1, 0.15) is 5.78 Å². The van der Waals surface area contributed by atoms with Crippen LogP contribution in [-0.2, 0) is 4.79 Å². The van der Waals surface area contributed by atoms with E-state index in [1.54, 1.807) is 0 Å². The van der Waals surface area contributed by atoms with Crippen LogP contribution in [0.5, 0.6) is 0 Å². The second-order valence-electron chi connectivity index (χ2n) is 6.17. The molecular formula is C15H27NO. The first-order valence-corrected chi connectivity index (χ1v) is 7.49. The van der Waals surface area contributed by atoms with Crippen molar-refractivity contribution in [1.82, 2.24) is 5.32 Å². The molecule has 2 unspecified atom stereocenters. The quantitative estimate of drug-likeness (QED) is 0.813. The summed E-state index contributed by atoms with van der Waals surface area (Å²) < 4.78 is 0. The SMILES string of the molecule is CC1CCCC(C(=O)CCC2CCNCC2)C1. The molecule has 0 aromatic rings. The van der Waals surface area contributed by atoms with E-state index in [0.29, 0.717) is 11.7 Å². The Kier molecular flexibility index (Phi) is 5.02. The predicted molar refractivity (Wildman–Crippen MR) is 71.0 cm³/mol. The van der Waals surface area contributed by atoms with Gasteiger partial charge in [-0.1, -0.05) is 19.8 Å². The molecule has 2 rings (SSSR count). The monoisotopic (exact) mass is 237 g/mol. The van der Waals surface area contributed by atoms with Gasteiger partial charge in [-0.25, -0.2) is 0 Å². The maximum absolute atomic E-state index is 12.2. The number of nitrogens with one attached hydrogen (secondary N) is 1. The average Bonchev–Trinajstić information content (AvgIpc) is 2.37. The van der Waals surface area contributed by atoms with E-state index < -0.39 is 0 Å². The highest BCUT2D eigenvalue weighted by molar-refractivity contribution is 5.81. The highest BCUT2D eigenvalue weighted by atomic mass is 16.1. The Balaban J connectivity index is 1.69. The number of piperidine rings is 1. The summed E-state index contributed by atoms with van der Waals surface area (Å²) in [7, 11) is 0. The van der Waals surface area contributed by atoms with Gasteiger partial charge in [-0.2, -0.15) is 0 Å². The fourth-order valence-electron chi connectivity index (χ4n) is 3.45. The zero-order chi connectivity index (χ0) is 12.1. The van der Waals surface area contributed by atoms with Crippen LogP contribution in [-0.4, -0.2) is 18.9 Å². The minimum Gasteiger partial charge on any atom is -0.317 e. The molecule has 1 saturated carbocycles. The molecule has 0 spiro atoms. The van der Waals surface area contributed by atoms with Gasteiger partial charge >= 0.3 is 0 Å². The molecule has 2 aliphatic rings. The number of rotatable bonds is 4. The van der Waals surface area contributed by atoms with E-state index in [2.05, 4.69) is 12.2 Å². The van der Waals surface area contributed by atoms with Crippen LogP contribution in [0, 0.1) is 17.8 Å². The molecule has 1 heterocycles. The van der Waals surface area contributed by atoms with Crippen molar-refractivity contribution in [2.45, 2.75) is 58.3 Å². The number of hydrogen-bond acceptors (Lipinski definition) is 2. The van der Waals surface area contributed by atoms with E-state index in [9.17, 15) is 4.79 Å². The van der Waals surface area contributed by atoms with Crippen molar-refractivity contribution in [1.29, 1.82) is 0 Å². The van der Waals surface area contributed by atoms with Gasteiger partial charge in [0.05, 0.1) is 0 Å². The van der Waals surface area contributed by atoms with E-state index in [-0.39, 0.29) is 0 Å². The molecule has 1 aliphatic carbocycles. The lowest BCUT2D eigenvalue weighted by atomic mass is 9.78. The number of carbonyl (C=O) groups excluding carboxylic acids is 1. The third-order valence-electron chi connectivity index (χ3n) is 4.65. The number of Topliss-reactive ketones (excluding diaryl/α,β-unsaturated/α-hetero) is 1. The highest BCUT2D eigenvalue weighted by Gasteiger charge is 2.25. The molecular weight excluding hydrogens is 210 g/mol. The Hall–Kier alpha value is -0.370. The molecule has 2 atom stereocenters. The molecule has 2 nitrogen and oxygen atoms in total. The summed E-state index contributed by atoms with van der Waals surface area (Å²) >= 11 is 0. The van der Waals surface area contributed by atoms with Crippen molar-refractivity contribution in [3.63, 3.8) is 0 Å². The summed E-state index contributed by atoms with van der Waals surface area (Å²) in [6.07, 6.45) is 9.46. The number of hydrogen-bond donors (Lipinski definition) is 1. The van der Waals surface area contributed by atoms with E-state index in [1.165, 1.54) is 25.7 Å². The first-order chi connectivity index (χ1) is 8.25. The topological polar surface area (TPSA) is 29.1 Å². The third kappa shape index (κ3) is 4.09. The Morgan fingerprint density at radius 2 is 1.94 bits per heavy atom. The van der Waals surface area contributed by atoms with Crippen molar-refractivity contribution < 1.29 is 4.79 Å². The van der Waals surface area contributed by atoms with Crippen LogP contribution in [0.3, 0.4) is 0 Å². The molecule has 98 valence electrons. The van der Waals surface area contributed by atoms with Gasteiger partial charge in [-0.05, 0) is 57.0 Å². The lowest BCUT2D eigenvalue weighted by molar-refractivity contribution is -0.124. The van der Waals surface area contributed by atoms with Crippen molar-refractivity contribution in [2.75, 3.05) is 13.1 Å². The Bertz CT molecular complexity index is 245. The molecule has 1 N–H and O–H groups in total. The zero-order valence-corrected chi connectivity index (χ0v) is 11.2. The maximum atomic E-state index is 12.2. The lowest BCUT2D eigenvalue weighted by Gasteiger charge is -2.27. The summed E-state index contributed by atoms with van der Waals surface area (Å²) in [6.45, 7) is 4.60. The molecule has 2 fully saturated rings. The van der Waals surface area contributed by atoms with Crippen LogP contribution >= 0.6 is 0 Å². The van der Waals surface area contributed by atoms with Crippen LogP contribution < -0.4 is 5.32 Å². The summed E-state index contributed by atoms with van der Waals surface area (Å²) in [5.74, 6) is 2.55. The Morgan fingerprint density at radius 1 is 1.18 bits per heavy atom. The van der Waals surface area contributed by atoms with Gasteiger partial charge in [0, 0.05) is 12.3 Å². The van der Waals surface area contributed by atoms with Crippen LogP contribution in [0.1, 0.15) is 58.3 Å². The summed E-state index contributed by atoms with van der Waals surface area (Å²) in [6, 6.07) is 0. The first kappa shape index (κ1) is 13.1. The van der Waals surface area contributed by atoms with Crippen molar-refractivity contribution >= 4 is 5.78 Å². The van der Waals surface area contributed by atoms with Gasteiger partial charge in [0.25, 0.3) is 0 Å². The second-order valence-corrected chi connectivity index (χ2v) is 6.17. The standard InChI is InChI=1S/C15H27NO/c1-12-3-2-4-14(11-12)15(17)6-5-13-7-9-16-10-8-13/h12-14,16H,2-11H2,1H3. The molecule has 1 aliphatic heterocycles. The van der Waals surface area contributed by atoms with Gasteiger partial charge in [-0.15, -0.1) is 0 Å². The fourth-order valence-corrected chi connectivity index (χ4v) is 3.45. The first-order valence-electron chi connectivity index (χ1n) is 7.49. The average molecular weight is 237 g/mol. The van der Waals surface area contributed by atoms with Crippen molar-refractivity contribution in [3.8, 4) is 0 Å². The molecule has 0 amide bonds. The molecule has 0 bridgehead atoms. The normalized spacial score (nSPS) is 31.4. The molecule has 2 heteroatoms. The maximum Gasteiger partial charge on any atom is 0.135 e. The predicted octanol–water partition coefficient (Wildman–Crippen LogP) is 3.16. The Morgan fingerprint density at radius 3 is 2.65 bits per heavy atom. The van der Waals surface area contributed by atoms with Crippen molar-refractivity contribution in [3.05, 3.63) is 0 Å². The Labute approximate surface area is 106 Å². The summed E-state index contributed by atoms with van der Waals surface area (Å²) in [4.78, 5) is 12.2. The van der Waals surface area contributed by atoms with Gasteiger partial charge in [-0.3, -0.25) is 4.79 Å². The zero-order valence-electron chi connectivity index (χ0n) is 11.2. The van der Waals surface area contributed by atoms with E-state index in [1.807, 2.05) is 0 Å². The van der Waals surface area contributed by atoms with Crippen molar-refractivity contribution in [2.24, 2.45) is 17.8 Å². The third-order valence-corrected chi connectivity index (χ3v) is 4.65. The highest BCUT2D eigenvalue weighted by Crippen LogP contribution is 2.30.